The van der Waals surface area contributed by atoms with E-state index in [4.69, 9.17) is 0 Å². The number of hydrogen-bond donors (Lipinski definition) is 0. The summed E-state index contributed by atoms with van der Waals surface area (Å²) in [6, 6.07) is 0. The first-order chi connectivity index (χ1) is 14.6. The first-order valence-corrected chi connectivity index (χ1v) is 13.2. The molecule has 0 aromatic carbocycles. The van der Waals surface area contributed by atoms with Gasteiger partial charge in [0.05, 0.1) is 0 Å². The van der Waals surface area contributed by atoms with Crippen LogP contribution in [0.4, 0.5) is 0 Å². The Morgan fingerprint density at radius 3 is 1.43 bits per heavy atom. The third-order valence-corrected chi connectivity index (χ3v) is 9.75. The molecule has 3 heteroatoms. The maximum atomic E-state index is 11.6. The first kappa shape index (κ1) is 20.9. The normalized spacial score (nSPS) is 45.4. The van der Waals surface area contributed by atoms with Gasteiger partial charge < -0.3 is 0 Å². The van der Waals surface area contributed by atoms with Crippen LogP contribution in [0.1, 0.15) is 103 Å². The van der Waals surface area contributed by atoms with Crippen molar-refractivity contribution in [1.29, 1.82) is 0 Å². The molecule has 166 valence electrons. The molecule has 0 heterocycles. The van der Waals surface area contributed by atoms with Gasteiger partial charge in [0.15, 0.2) is 0 Å². The molecule has 30 heavy (non-hydrogen) atoms. The second-order valence-corrected chi connectivity index (χ2v) is 11.7. The molecule has 0 aliphatic heterocycles. The van der Waals surface area contributed by atoms with Gasteiger partial charge in [-0.1, -0.05) is 12.8 Å². The summed E-state index contributed by atoms with van der Waals surface area (Å²) in [5.74, 6) is 7.03. The van der Waals surface area contributed by atoms with Crippen molar-refractivity contribution in [3.8, 4) is 0 Å². The number of rotatable bonds is 0. The van der Waals surface area contributed by atoms with Crippen molar-refractivity contribution in [3.63, 3.8) is 0 Å². The number of carbonyl (C=O) groups excluding carboxylic acids is 3. The molecular weight excluding hydrogens is 372 g/mol. The molecule has 0 aromatic heterocycles. The lowest BCUT2D eigenvalue weighted by Crippen LogP contribution is -2.45. The van der Waals surface area contributed by atoms with Crippen molar-refractivity contribution in [2.75, 3.05) is 0 Å². The van der Waals surface area contributed by atoms with E-state index in [2.05, 4.69) is 0 Å². The van der Waals surface area contributed by atoms with Crippen LogP contribution >= 0.6 is 0 Å². The predicted molar refractivity (Wildman–Crippen MR) is 117 cm³/mol. The Hall–Kier alpha value is -0.990. The number of carbonyl (C=O) groups is 3. The molecule has 2 atom stereocenters. The van der Waals surface area contributed by atoms with Gasteiger partial charge in [-0.2, -0.15) is 0 Å². The topological polar surface area (TPSA) is 51.2 Å². The van der Waals surface area contributed by atoms with Crippen molar-refractivity contribution in [3.05, 3.63) is 0 Å². The summed E-state index contributed by atoms with van der Waals surface area (Å²) in [6.07, 6.45) is 19.6. The van der Waals surface area contributed by atoms with E-state index in [1.165, 1.54) is 96.3 Å². The summed E-state index contributed by atoms with van der Waals surface area (Å²) in [6.45, 7) is 0. The molecule has 0 aromatic rings. The third-order valence-electron chi connectivity index (χ3n) is 9.75. The molecule has 2 unspecified atom stereocenters. The minimum absolute atomic E-state index is 0.479. The average Bonchev–Trinajstić information content (AvgIpc) is 3.12. The highest BCUT2D eigenvalue weighted by atomic mass is 16.1. The smallest absolute Gasteiger partial charge is 0.139 e. The number of Topliss-reactive ketones (excluding diaryl/α,β-unsaturated/α-hetero) is 3. The Balaban J connectivity index is 0.0000000969. The molecular formula is C27H40O3. The highest BCUT2D eigenvalue weighted by Gasteiger charge is 2.47. The average molecular weight is 413 g/mol. The van der Waals surface area contributed by atoms with Crippen LogP contribution in [0.15, 0.2) is 0 Å². The largest absolute Gasteiger partial charge is 0.299 e. The maximum absolute atomic E-state index is 11.6. The second-order valence-electron chi connectivity index (χ2n) is 11.7. The van der Waals surface area contributed by atoms with Crippen molar-refractivity contribution in [2.24, 2.45) is 47.3 Å². The van der Waals surface area contributed by atoms with Gasteiger partial charge >= 0.3 is 0 Å². The fraction of sp³-hybridized carbons (Fsp3) is 0.889. The summed E-state index contributed by atoms with van der Waals surface area (Å²) in [7, 11) is 0. The quantitative estimate of drug-likeness (QED) is 0.495. The van der Waals surface area contributed by atoms with Gasteiger partial charge in [-0.25, -0.2) is 0 Å². The Morgan fingerprint density at radius 1 is 0.433 bits per heavy atom. The first-order valence-electron chi connectivity index (χ1n) is 13.2. The zero-order valence-corrected chi connectivity index (χ0v) is 18.7. The van der Waals surface area contributed by atoms with Crippen LogP contribution in [0.2, 0.25) is 0 Å². The van der Waals surface area contributed by atoms with Gasteiger partial charge in [0.2, 0.25) is 0 Å². The summed E-state index contributed by atoms with van der Waals surface area (Å²) < 4.78 is 0. The van der Waals surface area contributed by atoms with Gasteiger partial charge in [0.25, 0.3) is 0 Å². The zero-order valence-electron chi connectivity index (χ0n) is 18.7. The minimum Gasteiger partial charge on any atom is -0.299 e. The maximum Gasteiger partial charge on any atom is 0.139 e. The van der Waals surface area contributed by atoms with Gasteiger partial charge in [0.1, 0.15) is 17.3 Å². The Bertz CT molecular complexity index is 626. The van der Waals surface area contributed by atoms with E-state index in [0.29, 0.717) is 46.9 Å². The molecule has 3 nitrogen and oxygen atoms in total. The number of fused-ring (bicyclic) bond motifs is 4. The molecule has 8 aliphatic rings. The molecule has 8 fully saturated rings. The lowest BCUT2D eigenvalue weighted by molar-refractivity contribution is -0.140. The van der Waals surface area contributed by atoms with Crippen LogP contribution in [0, 0.1) is 47.3 Å². The van der Waals surface area contributed by atoms with Crippen molar-refractivity contribution >= 4 is 17.3 Å². The summed E-state index contributed by atoms with van der Waals surface area (Å²) in [5.41, 5.74) is 0. The van der Waals surface area contributed by atoms with Crippen LogP contribution in [0.25, 0.3) is 0 Å². The highest BCUT2D eigenvalue weighted by molar-refractivity contribution is 5.85. The fourth-order valence-electron chi connectivity index (χ4n) is 8.24. The Morgan fingerprint density at radius 2 is 0.933 bits per heavy atom. The number of hydrogen-bond acceptors (Lipinski definition) is 3. The van der Waals surface area contributed by atoms with Crippen LogP contribution in [-0.2, 0) is 14.4 Å². The SMILES string of the molecule is O=C1C2CC3CC(C2)CC1C3.O=C1C2CCCC1CCC2.O=C1CCC2CCC1C2. The highest BCUT2D eigenvalue weighted by Crippen LogP contribution is 2.51. The standard InChI is InChI=1S/C10H14O.C9H14O.C8H12O/c11-10-8-2-6-1-7(4-8)5-9(10)3-6;10-9-7-3-1-4-8(9)6-2-5-7;9-8-4-2-6-1-3-7(8)5-6/h6-9H,1-5H2;7-8H,1-6H2;6-7H,1-5H2. The van der Waals surface area contributed by atoms with Crippen LogP contribution in [0.3, 0.4) is 0 Å². The van der Waals surface area contributed by atoms with Crippen molar-refractivity contribution in [1.82, 2.24) is 0 Å². The molecule has 0 spiro atoms. The Labute approximate surface area is 182 Å². The van der Waals surface area contributed by atoms with E-state index < -0.39 is 0 Å². The molecule has 8 saturated carbocycles. The van der Waals surface area contributed by atoms with Crippen LogP contribution < -0.4 is 0 Å². The minimum atomic E-state index is 0.479. The molecule has 0 N–H and O–H groups in total. The molecule has 0 radical (unpaired) electrons. The second kappa shape index (κ2) is 8.87. The van der Waals surface area contributed by atoms with E-state index in [-0.39, 0.29) is 0 Å². The van der Waals surface area contributed by atoms with E-state index in [1.54, 1.807) is 0 Å². The Kier molecular flexibility index (Phi) is 6.17. The van der Waals surface area contributed by atoms with E-state index in [0.717, 1.165) is 24.2 Å². The van der Waals surface area contributed by atoms with Gasteiger partial charge in [-0.05, 0) is 101 Å². The monoisotopic (exact) mass is 412 g/mol. The van der Waals surface area contributed by atoms with Crippen molar-refractivity contribution in [2.45, 2.75) is 103 Å². The van der Waals surface area contributed by atoms with Gasteiger partial charge in [0, 0.05) is 36.0 Å². The summed E-state index contributed by atoms with van der Waals surface area (Å²) in [5, 5.41) is 0. The molecule has 0 saturated heterocycles. The van der Waals surface area contributed by atoms with Crippen LogP contribution in [0.5, 0.6) is 0 Å². The van der Waals surface area contributed by atoms with E-state index in [9.17, 15) is 14.4 Å². The van der Waals surface area contributed by atoms with Crippen molar-refractivity contribution < 1.29 is 14.4 Å². The lowest BCUT2D eigenvalue weighted by Gasteiger charge is -2.48. The van der Waals surface area contributed by atoms with Gasteiger partial charge in [-0.15, -0.1) is 0 Å². The molecule has 8 rings (SSSR count). The molecule has 8 aliphatic carbocycles. The summed E-state index contributed by atoms with van der Waals surface area (Å²) >= 11 is 0. The predicted octanol–water partition coefficient (Wildman–Crippen LogP) is 5.93. The number of ketones is 3. The summed E-state index contributed by atoms with van der Waals surface area (Å²) in [4.78, 5) is 34.0. The third kappa shape index (κ3) is 4.32. The fourth-order valence-corrected chi connectivity index (χ4v) is 8.24. The van der Waals surface area contributed by atoms with Gasteiger partial charge in [-0.3, -0.25) is 14.4 Å². The van der Waals surface area contributed by atoms with Crippen LogP contribution in [-0.4, -0.2) is 17.3 Å². The molecule has 0 amide bonds. The van der Waals surface area contributed by atoms with E-state index in [1.807, 2.05) is 0 Å². The molecule has 8 bridgehead atoms. The van der Waals surface area contributed by atoms with E-state index >= 15 is 0 Å². The zero-order chi connectivity index (χ0) is 20.7. The lowest BCUT2D eigenvalue weighted by atomic mass is 9.56.